The van der Waals surface area contributed by atoms with E-state index < -0.39 is 17.4 Å². The molecule has 7 nitrogen and oxygen atoms in total. The van der Waals surface area contributed by atoms with Gasteiger partial charge in [0.1, 0.15) is 6.54 Å². The summed E-state index contributed by atoms with van der Waals surface area (Å²) in [6, 6.07) is -0.332. The number of carboxylic acid groups (broad SMARTS) is 1. The highest BCUT2D eigenvalue weighted by Gasteiger charge is 2.42. The smallest absolute Gasteiger partial charge is 0.325 e. The molecule has 0 aromatic rings. The molecule has 2 amide bonds. The molecule has 1 heterocycles. The van der Waals surface area contributed by atoms with Crippen molar-refractivity contribution in [2.24, 2.45) is 5.41 Å². The SMILES string of the molecule is CCOC(=O)CN(C)C(=O)N1CCCC(CC)(C(=O)O)C1. The normalized spacial score (nSPS) is 21.8. The van der Waals surface area contributed by atoms with Crippen LogP contribution in [-0.4, -0.2) is 66.2 Å². The lowest BCUT2D eigenvalue weighted by Gasteiger charge is -2.40. The van der Waals surface area contributed by atoms with E-state index in [4.69, 9.17) is 4.74 Å². The van der Waals surface area contributed by atoms with Gasteiger partial charge in [-0.1, -0.05) is 6.92 Å². The van der Waals surface area contributed by atoms with Crippen molar-refractivity contribution in [1.82, 2.24) is 9.80 Å². The molecule has 21 heavy (non-hydrogen) atoms. The molecule has 0 bridgehead atoms. The predicted octanol–water partition coefficient (Wildman–Crippen LogP) is 1.18. The minimum Gasteiger partial charge on any atom is -0.481 e. The Bertz CT molecular complexity index is 412. The Morgan fingerprint density at radius 2 is 2.00 bits per heavy atom. The molecule has 1 N–H and O–H groups in total. The molecule has 0 saturated carbocycles. The maximum Gasteiger partial charge on any atom is 0.325 e. The van der Waals surface area contributed by atoms with Crippen molar-refractivity contribution in [1.29, 1.82) is 0 Å². The Morgan fingerprint density at radius 1 is 1.33 bits per heavy atom. The van der Waals surface area contributed by atoms with Gasteiger partial charge in [0.2, 0.25) is 0 Å². The summed E-state index contributed by atoms with van der Waals surface area (Å²) in [6.07, 6.45) is 1.71. The first kappa shape index (κ1) is 17.3. The average Bonchev–Trinajstić information content (AvgIpc) is 2.46. The fourth-order valence-corrected chi connectivity index (χ4v) is 2.62. The Hall–Kier alpha value is -1.79. The van der Waals surface area contributed by atoms with Gasteiger partial charge in [-0.15, -0.1) is 0 Å². The summed E-state index contributed by atoms with van der Waals surface area (Å²) in [4.78, 5) is 38.0. The van der Waals surface area contributed by atoms with Crippen LogP contribution in [0.3, 0.4) is 0 Å². The molecule has 0 spiro atoms. The number of hydrogen-bond acceptors (Lipinski definition) is 4. The standard InChI is InChI=1S/C14H24N2O5/c1-4-14(12(18)19)7-6-8-16(10-14)13(20)15(3)9-11(17)21-5-2/h4-10H2,1-3H3,(H,18,19). The fraction of sp³-hybridized carbons (Fsp3) is 0.786. The molecule has 1 saturated heterocycles. The van der Waals surface area contributed by atoms with E-state index in [1.165, 1.54) is 16.8 Å². The average molecular weight is 300 g/mol. The van der Waals surface area contributed by atoms with Gasteiger partial charge >= 0.3 is 18.0 Å². The fourth-order valence-electron chi connectivity index (χ4n) is 2.62. The van der Waals surface area contributed by atoms with E-state index in [0.29, 0.717) is 25.8 Å². The van der Waals surface area contributed by atoms with E-state index >= 15 is 0 Å². The summed E-state index contributed by atoms with van der Waals surface area (Å²) in [6.45, 7) is 4.36. The number of amides is 2. The van der Waals surface area contributed by atoms with Crippen LogP contribution in [0.15, 0.2) is 0 Å². The van der Waals surface area contributed by atoms with Crippen LogP contribution in [0.1, 0.15) is 33.1 Å². The van der Waals surface area contributed by atoms with Gasteiger partial charge < -0.3 is 19.6 Å². The van der Waals surface area contributed by atoms with Crippen LogP contribution in [0.25, 0.3) is 0 Å². The zero-order chi connectivity index (χ0) is 16.0. The number of likely N-dealkylation sites (N-methyl/N-ethyl adjacent to an activating group) is 1. The number of carbonyl (C=O) groups is 3. The van der Waals surface area contributed by atoms with E-state index in [2.05, 4.69) is 0 Å². The van der Waals surface area contributed by atoms with Gasteiger partial charge in [0, 0.05) is 20.1 Å². The lowest BCUT2D eigenvalue weighted by Crippen LogP contribution is -2.53. The second-order valence-corrected chi connectivity index (χ2v) is 5.41. The summed E-state index contributed by atoms with van der Waals surface area (Å²) < 4.78 is 4.80. The van der Waals surface area contributed by atoms with Crippen molar-refractivity contribution in [3.8, 4) is 0 Å². The summed E-state index contributed by atoms with van der Waals surface area (Å²) in [5, 5.41) is 9.42. The van der Waals surface area contributed by atoms with Crippen LogP contribution in [0.2, 0.25) is 0 Å². The van der Waals surface area contributed by atoms with E-state index in [1.807, 2.05) is 6.92 Å². The number of ether oxygens (including phenoxy) is 1. The van der Waals surface area contributed by atoms with E-state index in [0.717, 1.165) is 0 Å². The maximum absolute atomic E-state index is 12.3. The van der Waals surface area contributed by atoms with Crippen LogP contribution in [0, 0.1) is 5.41 Å². The number of carboxylic acids is 1. The highest BCUT2D eigenvalue weighted by atomic mass is 16.5. The molecule has 0 aromatic heterocycles. The molecule has 7 heteroatoms. The van der Waals surface area contributed by atoms with Gasteiger partial charge in [0.05, 0.1) is 12.0 Å². The van der Waals surface area contributed by atoms with E-state index in [-0.39, 0.29) is 25.7 Å². The van der Waals surface area contributed by atoms with Crippen molar-refractivity contribution in [2.75, 3.05) is 33.3 Å². The first-order valence-corrected chi connectivity index (χ1v) is 7.25. The predicted molar refractivity (Wildman–Crippen MR) is 75.8 cm³/mol. The zero-order valence-corrected chi connectivity index (χ0v) is 12.9. The highest BCUT2D eigenvalue weighted by molar-refractivity contribution is 5.82. The molecular formula is C14H24N2O5. The number of esters is 1. The molecule has 0 aliphatic carbocycles. The number of aliphatic carboxylic acids is 1. The summed E-state index contributed by atoms with van der Waals surface area (Å²) >= 11 is 0. The summed E-state index contributed by atoms with van der Waals surface area (Å²) in [5.41, 5.74) is -0.876. The Morgan fingerprint density at radius 3 is 2.52 bits per heavy atom. The van der Waals surface area contributed by atoms with Crippen molar-refractivity contribution >= 4 is 18.0 Å². The quantitative estimate of drug-likeness (QED) is 0.770. The second-order valence-electron chi connectivity index (χ2n) is 5.41. The molecule has 0 radical (unpaired) electrons. The van der Waals surface area contributed by atoms with Gasteiger partial charge in [0.25, 0.3) is 0 Å². The van der Waals surface area contributed by atoms with Gasteiger partial charge in [0.15, 0.2) is 0 Å². The Kier molecular flexibility index (Phi) is 5.99. The third-order valence-electron chi connectivity index (χ3n) is 3.98. The van der Waals surface area contributed by atoms with E-state index in [1.54, 1.807) is 6.92 Å². The molecule has 1 fully saturated rings. The first-order chi connectivity index (χ1) is 9.86. The van der Waals surface area contributed by atoms with Crippen molar-refractivity contribution < 1.29 is 24.2 Å². The lowest BCUT2D eigenvalue weighted by atomic mass is 9.78. The first-order valence-electron chi connectivity index (χ1n) is 7.25. The van der Waals surface area contributed by atoms with Gasteiger partial charge in [-0.05, 0) is 26.2 Å². The number of hydrogen-bond donors (Lipinski definition) is 1. The maximum atomic E-state index is 12.3. The van der Waals surface area contributed by atoms with Crippen molar-refractivity contribution in [3.05, 3.63) is 0 Å². The summed E-state index contributed by atoms with van der Waals surface area (Å²) in [7, 11) is 1.52. The van der Waals surface area contributed by atoms with Crippen molar-refractivity contribution in [2.45, 2.75) is 33.1 Å². The number of piperidine rings is 1. The minimum atomic E-state index is -0.876. The largest absolute Gasteiger partial charge is 0.481 e. The summed E-state index contributed by atoms with van der Waals surface area (Å²) in [5.74, 6) is -1.33. The molecule has 1 atom stereocenters. The molecule has 0 aromatic carbocycles. The number of likely N-dealkylation sites (tertiary alicyclic amines) is 1. The Labute approximate surface area is 124 Å². The molecular weight excluding hydrogens is 276 g/mol. The number of urea groups is 1. The third kappa shape index (κ3) is 4.09. The van der Waals surface area contributed by atoms with Crippen LogP contribution in [-0.2, 0) is 14.3 Å². The van der Waals surface area contributed by atoms with E-state index in [9.17, 15) is 19.5 Å². The zero-order valence-electron chi connectivity index (χ0n) is 12.9. The second kappa shape index (κ2) is 7.28. The monoisotopic (exact) mass is 300 g/mol. The molecule has 1 aliphatic rings. The Balaban J connectivity index is 2.69. The number of rotatable bonds is 5. The molecule has 1 rings (SSSR count). The highest BCUT2D eigenvalue weighted by Crippen LogP contribution is 2.33. The van der Waals surface area contributed by atoms with Gasteiger partial charge in [-0.3, -0.25) is 9.59 Å². The van der Waals surface area contributed by atoms with Gasteiger partial charge in [-0.25, -0.2) is 4.79 Å². The van der Waals surface area contributed by atoms with Crippen LogP contribution >= 0.6 is 0 Å². The third-order valence-corrected chi connectivity index (χ3v) is 3.98. The lowest BCUT2D eigenvalue weighted by molar-refractivity contribution is -0.152. The number of carbonyl (C=O) groups excluding carboxylic acids is 2. The van der Waals surface area contributed by atoms with Crippen LogP contribution in [0.4, 0.5) is 4.79 Å². The number of nitrogens with zero attached hydrogens (tertiary/aromatic N) is 2. The topological polar surface area (TPSA) is 87.2 Å². The van der Waals surface area contributed by atoms with Crippen LogP contribution in [0.5, 0.6) is 0 Å². The van der Waals surface area contributed by atoms with Crippen LogP contribution < -0.4 is 0 Å². The van der Waals surface area contributed by atoms with Crippen molar-refractivity contribution in [3.63, 3.8) is 0 Å². The van der Waals surface area contributed by atoms with Gasteiger partial charge in [-0.2, -0.15) is 0 Å². The molecule has 1 unspecified atom stereocenters. The molecule has 1 aliphatic heterocycles. The molecule has 120 valence electrons. The minimum absolute atomic E-state index is 0.130.